The number of likely N-dealkylation sites (tertiary alicyclic amines) is 2. The second-order valence-corrected chi connectivity index (χ2v) is 8.12. The van der Waals surface area contributed by atoms with Crippen LogP contribution in [0.4, 0.5) is 9.59 Å². The molecule has 7 nitrogen and oxygen atoms in total. The van der Waals surface area contributed by atoms with Crippen molar-refractivity contribution in [2.45, 2.75) is 70.0 Å². The molecule has 0 bridgehead atoms. The molecule has 148 valence electrons. The number of hydrogen-bond donors (Lipinski definition) is 2. The Kier molecular flexibility index (Phi) is 6.62. The number of piperidine rings is 1. The summed E-state index contributed by atoms with van der Waals surface area (Å²) in [7, 11) is 2.13. The predicted octanol–water partition coefficient (Wildman–Crippen LogP) is 1.84. The Morgan fingerprint density at radius 3 is 2.27 bits per heavy atom. The molecule has 3 fully saturated rings. The molecule has 0 spiro atoms. The van der Waals surface area contributed by atoms with E-state index < -0.39 is 0 Å². The third-order valence-corrected chi connectivity index (χ3v) is 6.12. The van der Waals surface area contributed by atoms with Gasteiger partial charge in [0.2, 0.25) is 0 Å². The third kappa shape index (κ3) is 4.61. The number of urea groups is 2. The summed E-state index contributed by atoms with van der Waals surface area (Å²) in [5, 5.41) is 6.15. The lowest BCUT2D eigenvalue weighted by molar-refractivity contribution is 0.0340. The lowest BCUT2D eigenvalue weighted by Gasteiger charge is -2.49. The Labute approximate surface area is 157 Å². The van der Waals surface area contributed by atoms with E-state index in [9.17, 15) is 9.59 Å². The molecular weight excluding hydrogens is 330 g/mol. The summed E-state index contributed by atoms with van der Waals surface area (Å²) in [6, 6.07) is 0.841. The highest BCUT2D eigenvalue weighted by Crippen LogP contribution is 2.24. The summed E-state index contributed by atoms with van der Waals surface area (Å²) in [6.45, 7) is 5.96. The van der Waals surface area contributed by atoms with Crippen molar-refractivity contribution in [3.63, 3.8) is 0 Å². The molecule has 2 heterocycles. The first kappa shape index (κ1) is 19.3. The second kappa shape index (κ2) is 8.93. The van der Waals surface area contributed by atoms with Crippen molar-refractivity contribution in [2.75, 3.05) is 39.8 Å². The highest BCUT2D eigenvalue weighted by Gasteiger charge is 2.41. The van der Waals surface area contributed by atoms with Gasteiger partial charge in [0.15, 0.2) is 0 Å². The summed E-state index contributed by atoms with van der Waals surface area (Å²) in [5.41, 5.74) is 0. The van der Waals surface area contributed by atoms with E-state index in [-0.39, 0.29) is 24.1 Å². The quantitative estimate of drug-likeness (QED) is 0.799. The molecule has 0 aromatic carbocycles. The van der Waals surface area contributed by atoms with E-state index in [1.165, 1.54) is 19.3 Å². The van der Waals surface area contributed by atoms with Crippen LogP contribution in [0.15, 0.2) is 0 Å². The fourth-order valence-electron chi connectivity index (χ4n) is 4.46. The molecule has 0 aromatic rings. The van der Waals surface area contributed by atoms with Crippen LogP contribution < -0.4 is 10.6 Å². The zero-order valence-corrected chi connectivity index (χ0v) is 16.4. The SMILES string of the molecule is CCNC(=O)N(C1CCN(C)CC1)C1CN(C(=O)NC2CCCCC2)C1. The van der Waals surface area contributed by atoms with E-state index in [0.29, 0.717) is 25.7 Å². The Bertz CT molecular complexity index is 480. The number of carbonyl (C=O) groups excluding carboxylic acids is 2. The van der Waals surface area contributed by atoms with Gasteiger partial charge in [0, 0.05) is 31.7 Å². The first-order valence-electron chi connectivity index (χ1n) is 10.4. The molecule has 1 saturated carbocycles. The molecule has 1 aliphatic carbocycles. The van der Waals surface area contributed by atoms with E-state index >= 15 is 0 Å². The molecule has 2 aliphatic heterocycles. The third-order valence-electron chi connectivity index (χ3n) is 6.12. The molecule has 0 aromatic heterocycles. The first-order valence-corrected chi connectivity index (χ1v) is 10.4. The van der Waals surface area contributed by atoms with Gasteiger partial charge in [-0.15, -0.1) is 0 Å². The van der Waals surface area contributed by atoms with E-state index in [0.717, 1.165) is 38.8 Å². The number of nitrogens with zero attached hydrogens (tertiary/aromatic N) is 3. The van der Waals surface area contributed by atoms with Gasteiger partial charge in [0.25, 0.3) is 0 Å². The van der Waals surface area contributed by atoms with Gasteiger partial charge in [-0.2, -0.15) is 0 Å². The molecule has 7 heteroatoms. The first-order chi connectivity index (χ1) is 12.6. The van der Waals surface area contributed by atoms with Crippen LogP contribution in [0.25, 0.3) is 0 Å². The summed E-state index contributed by atoms with van der Waals surface area (Å²) >= 11 is 0. The van der Waals surface area contributed by atoms with Gasteiger partial charge in [-0.3, -0.25) is 0 Å². The van der Waals surface area contributed by atoms with Crippen LogP contribution in [0, 0.1) is 0 Å². The highest BCUT2D eigenvalue weighted by molar-refractivity contribution is 5.78. The summed E-state index contributed by atoms with van der Waals surface area (Å²) in [5.74, 6) is 0. The largest absolute Gasteiger partial charge is 0.338 e. The fourth-order valence-corrected chi connectivity index (χ4v) is 4.46. The molecule has 0 atom stereocenters. The second-order valence-electron chi connectivity index (χ2n) is 8.12. The molecule has 26 heavy (non-hydrogen) atoms. The molecule has 3 rings (SSSR count). The van der Waals surface area contributed by atoms with Crippen molar-refractivity contribution in [1.29, 1.82) is 0 Å². The topological polar surface area (TPSA) is 67.9 Å². The van der Waals surface area contributed by atoms with E-state index in [2.05, 4.69) is 22.6 Å². The number of amides is 4. The van der Waals surface area contributed by atoms with Crippen molar-refractivity contribution in [3.05, 3.63) is 0 Å². The van der Waals surface area contributed by atoms with Gasteiger partial charge >= 0.3 is 12.1 Å². The zero-order valence-electron chi connectivity index (χ0n) is 16.4. The van der Waals surface area contributed by atoms with Crippen LogP contribution in [0.2, 0.25) is 0 Å². The Morgan fingerprint density at radius 1 is 1.00 bits per heavy atom. The summed E-state index contributed by atoms with van der Waals surface area (Å²) in [6.07, 6.45) is 7.95. The number of carbonyl (C=O) groups is 2. The molecular formula is C19H35N5O2. The van der Waals surface area contributed by atoms with Gasteiger partial charge in [0.1, 0.15) is 0 Å². The maximum Gasteiger partial charge on any atom is 0.318 e. The average Bonchev–Trinajstić information content (AvgIpc) is 2.59. The van der Waals surface area contributed by atoms with Crippen LogP contribution in [-0.2, 0) is 0 Å². The van der Waals surface area contributed by atoms with Crippen molar-refractivity contribution in [3.8, 4) is 0 Å². The predicted molar refractivity (Wildman–Crippen MR) is 102 cm³/mol. The van der Waals surface area contributed by atoms with E-state index in [4.69, 9.17) is 0 Å². The number of nitrogens with one attached hydrogen (secondary N) is 2. The van der Waals surface area contributed by atoms with Gasteiger partial charge in [-0.25, -0.2) is 9.59 Å². The summed E-state index contributed by atoms with van der Waals surface area (Å²) < 4.78 is 0. The minimum atomic E-state index is 0.0272. The smallest absolute Gasteiger partial charge is 0.318 e. The lowest BCUT2D eigenvalue weighted by atomic mass is 9.95. The van der Waals surface area contributed by atoms with Crippen molar-refractivity contribution < 1.29 is 9.59 Å². The van der Waals surface area contributed by atoms with E-state index in [1.807, 2.05) is 16.7 Å². The Morgan fingerprint density at radius 2 is 1.65 bits per heavy atom. The highest BCUT2D eigenvalue weighted by atomic mass is 16.2. The molecule has 2 saturated heterocycles. The standard InChI is InChI=1S/C19H35N5O2/c1-3-20-18(25)24(16-9-11-22(2)12-10-16)17-13-23(14-17)19(26)21-15-7-5-4-6-8-15/h15-17H,3-14H2,1-2H3,(H,20,25)(H,21,26). The van der Waals surface area contributed by atoms with Crippen LogP contribution in [0.3, 0.4) is 0 Å². The average molecular weight is 366 g/mol. The van der Waals surface area contributed by atoms with Crippen molar-refractivity contribution in [1.82, 2.24) is 25.3 Å². The van der Waals surface area contributed by atoms with Gasteiger partial charge < -0.3 is 25.3 Å². The molecule has 0 unspecified atom stereocenters. The normalized spacial score (nSPS) is 23.4. The monoisotopic (exact) mass is 365 g/mol. The molecule has 4 amide bonds. The minimum absolute atomic E-state index is 0.0272. The lowest BCUT2D eigenvalue weighted by Crippen LogP contribution is -2.68. The number of hydrogen-bond acceptors (Lipinski definition) is 3. The fraction of sp³-hybridized carbons (Fsp3) is 0.895. The van der Waals surface area contributed by atoms with Gasteiger partial charge in [-0.05, 0) is 52.7 Å². The van der Waals surface area contributed by atoms with Crippen LogP contribution >= 0.6 is 0 Å². The molecule has 0 radical (unpaired) electrons. The minimum Gasteiger partial charge on any atom is -0.338 e. The van der Waals surface area contributed by atoms with Crippen molar-refractivity contribution in [2.24, 2.45) is 0 Å². The molecule has 3 aliphatic rings. The van der Waals surface area contributed by atoms with E-state index in [1.54, 1.807) is 0 Å². The summed E-state index contributed by atoms with van der Waals surface area (Å²) in [4.78, 5) is 31.3. The maximum atomic E-state index is 12.6. The van der Waals surface area contributed by atoms with Crippen LogP contribution in [0.5, 0.6) is 0 Å². The Hall–Kier alpha value is -1.50. The Balaban J connectivity index is 1.52. The maximum absolute atomic E-state index is 12.6. The van der Waals surface area contributed by atoms with Gasteiger partial charge in [-0.1, -0.05) is 19.3 Å². The van der Waals surface area contributed by atoms with Crippen molar-refractivity contribution >= 4 is 12.1 Å². The van der Waals surface area contributed by atoms with Crippen LogP contribution in [-0.4, -0.2) is 84.7 Å². The zero-order chi connectivity index (χ0) is 18.5. The van der Waals surface area contributed by atoms with Gasteiger partial charge in [0.05, 0.1) is 6.04 Å². The van der Waals surface area contributed by atoms with Crippen LogP contribution in [0.1, 0.15) is 51.9 Å². The molecule has 2 N–H and O–H groups in total. The number of rotatable bonds is 4.